The molecule has 0 bridgehead atoms. The molecule has 7 heteroatoms. The molecule has 0 spiro atoms. The molecule has 1 aliphatic rings. The summed E-state index contributed by atoms with van der Waals surface area (Å²) in [6, 6.07) is 7.69. The Kier molecular flexibility index (Phi) is 3.95. The molecule has 1 aliphatic heterocycles. The fourth-order valence-corrected chi connectivity index (χ4v) is 2.43. The number of rotatable bonds is 3. The molecule has 1 fully saturated rings. The van der Waals surface area contributed by atoms with Crippen LogP contribution in [-0.4, -0.2) is 54.3 Å². The highest BCUT2D eigenvalue weighted by molar-refractivity contribution is 5.94. The van der Waals surface area contributed by atoms with Crippen LogP contribution in [0.25, 0.3) is 0 Å². The maximum absolute atomic E-state index is 12.5. The largest absolute Gasteiger partial charge is 0.497 e. The average Bonchev–Trinajstić information content (AvgIpc) is 3.01. The van der Waals surface area contributed by atoms with Crippen molar-refractivity contribution in [2.75, 3.05) is 38.2 Å². The molecule has 116 valence electrons. The number of methoxy groups -OCH3 is 1. The third kappa shape index (κ3) is 2.88. The van der Waals surface area contributed by atoms with Crippen LogP contribution in [0.5, 0.6) is 5.75 Å². The lowest BCUT2D eigenvalue weighted by molar-refractivity contribution is 0.0745. The maximum atomic E-state index is 12.5. The number of hydrogen-bond donors (Lipinski definition) is 0. The number of amides is 1. The molecule has 1 amide bonds. The normalized spacial score (nSPS) is 15.0. The van der Waals surface area contributed by atoms with Crippen molar-refractivity contribution in [1.82, 2.24) is 15.1 Å². The predicted molar refractivity (Wildman–Crippen MR) is 80.1 cm³/mol. The second-order valence-corrected chi connectivity index (χ2v) is 5.11. The monoisotopic (exact) mass is 302 g/mol. The van der Waals surface area contributed by atoms with Gasteiger partial charge in [0.15, 0.2) is 0 Å². The highest BCUT2D eigenvalue weighted by Crippen LogP contribution is 2.17. The van der Waals surface area contributed by atoms with Crippen molar-refractivity contribution in [2.24, 2.45) is 0 Å². The third-order valence-corrected chi connectivity index (χ3v) is 3.69. The molecule has 0 unspecified atom stereocenters. The van der Waals surface area contributed by atoms with Crippen LogP contribution in [0.2, 0.25) is 0 Å². The first-order valence-electron chi connectivity index (χ1n) is 7.16. The number of aromatic nitrogens is 2. The summed E-state index contributed by atoms with van der Waals surface area (Å²) in [4.78, 5) is 16.3. The van der Waals surface area contributed by atoms with Gasteiger partial charge in [-0.05, 0) is 24.3 Å². The molecule has 2 aromatic rings. The van der Waals surface area contributed by atoms with Crippen molar-refractivity contribution in [3.8, 4) is 5.75 Å². The number of nitrogens with zero attached hydrogens (tertiary/aromatic N) is 4. The summed E-state index contributed by atoms with van der Waals surface area (Å²) in [6.07, 6.45) is 0. The molecule has 22 heavy (non-hydrogen) atoms. The minimum atomic E-state index is 0.0315. The Labute approximate surface area is 128 Å². The number of hydrogen-bond acceptors (Lipinski definition) is 6. The van der Waals surface area contributed by atoms with E-state index in [1.54, 1.807) is 38.3 Å². The van der Waals surface area contributed by atoms with Crippen LogP contribution in [0, 0.1) is 6.92 Å². The van der Waals surface area contributed by atoms with Gasteiger partial charge in [0.05, 0.1) is 7.11 Å². The van der Waals surface area contributed by atoms with Gasteiger partial charge in [0.25, 0.3) is 5.91 Å². The molecule has 7 nitrogen and oxygen atoms in total. The van der Waals surface area contributed by atoms with Crippen LogP contribution in [0.1, 0.15) is 16.2 Å². The molecule has 1 saturated heterocycles. The third-order valence-electron chi connectivity index (χ3n) is 3.69. The SMILES string of the molecule is COc1ccc(C(=O)N2CCN(c3nnc(C)o3)CC2)cc1. The van der Waals surface area contributed by atoms with E-state index >= 15 is 0 Å². The van der Waals surface area contributed by atoms with Gasteiger partial charge in [0, 0.05) is 38.7 Å². The van der Waals surface area contributed by atoms with Gasteiger partial charge in [-0.15, -0.1) is 5.10 Å². The molecule has 0 saturated carbocycles. The number of carbonyl (C=O) groups is 1. The highest BCUT2D eigenvalue weighted by Gasteiger charge is 2.24. The zero-order valence-electron chi connectivity index (χ0n) is 12.7. The molecule has 0 radical (unpaired) electrons. The Morgan fingerprint density at radius 1 is 1.14 bits per heavy atom. The average molecular weight is 302 g/mol. The van der Waals surface area contributed by atoms with Crippen molar-refractivity contribution in [1.29, 1.82) is 0 Å². The van der Waals surface area contributed by atoms with Crippen molar-refractivity contribution in [3.63, 3.8) is 0 Å². The summed E-state index contributed by atoms with van der Waals surface area (Å²) < 4.78 is 10.5. The Hall–Kier alpha value is -2.57. The second-order valence-electron chi connectivity index (χ2n) is 5.11. The summed E-state index contributed by atoms with van der Waals surface area (Å²) >= 11 is 0. The molecular weight excluding hydrogens is 284 g/mol. The first kappa shape index (κ1) is 14.4. The standard InChI is InChI=1S/C15H18N4O3/c1-11-16-17-15(22-11)19-9-7-18(8-10-19)14(20)12-3-5-13(21-2)6-4-12/h3-6H,7-10H2,1-2H3. The van der Waals surface area contributed by atoms with E-state index in [1.165, 1.54) is 0 Å². The van der Waals surface area contributed by atoms with E-state index in [0.29, 0.717) is 43.6 Å². The van der Waals surface area contributed by atoms with E-state index in [0.717, 1.165) is 5.75 Å². The van der Waals surface area contributed by atoms with Crippen molar-refractivity contribution < 1.29 is 13.9 Å². The Bertz CT molecular complexity index is 645. The minimum Gasteiger partial charge on any atom is -0.497 e. The van der Waals surface area contributed by atoms with Gasteiger partial charge in [-0.3, -0.25) is 4.79 Å². The topological polar surface area (TPSA) is 71.7 Å². The molecule has 1 aromatic heterocycles. The Morgan fingerprint density at radius 3 is 2.36 bits per heavy atom. The summed E-state index contributed by atoms with van der Waals surface area (Å²) in [7, 11) is 1.61. The van der Waals surface area contributed by atoms with E-state index in [2.05, 4.69) is 10.2 Å². The molecule has 0 aliphatic carbocycles. The maximum Gasteiger partial charge on any atom is 0.318 e. The van der Waals surface area contributed by atoms with Gasteiger partial charge in [-0.25, -0.2) is 0 Å². The van der Waals surface area contributed by atoms with E-state index in [4.69, 9.17) is 9.15 Å². The number of piperazine rings is 1. The predicted octanol–water partition coefficient (Wildman–Crippen LogP) is 1.35. The molecule has 0 atom stereocenters. The first-order chi connectivity index (χ1) is 10.7. The Balaban J connectivity index is 1.61. The lowest BCUT2D eigenvalue weighted by atomic mass is 10.1. The number of carbonyl (C=O) groups excluding carboxylic acids is 1. The molecule has 2 heterocycles. The zero-order valence-corrected chi connectivity index (χ0v) is 12.7. The molecule has 3 rings (SSSR count). The van der Waals surface area contributed by atoms with Crippen LogP contribution >= 0.6 is 0 Å². The Morgan fingerprint density at radius 2 is 1.82 bits per heavy atom. The van der Waals surface area contributed by atoms with E-state index < -0.39 is 0 Å². The van der Waals surface area contributed by atoms with Gasteiger partial charge >= 0.3 is 6.01 Å². The lowest BCUT2D eigenvalue weighted by Crippen LogP contribution is -2.48. The highest BCUT2D eigenvalue weighted by atomic mass is 16.5. The van der Waals surface area contributed by atoms with Gasteiger partial charge in [-0.2, -0.15) is 0 Å². The number of benzene rings is 1. The van der Waals surface area contributed by atoms with E-state index in [9.17, 15) is 4.79 Å². The van der Waals surface area contributed by atoms with Crippen molar-refractivity contribution in [2.45, 2.75) is 6.92 Å². The quantitative estimate of drug-likeness (QED) is 0.852. The van der Waals surface area contributed by atoms with Gasteiger partial charge < -0.3 is 19.0 Å². The second kappa shape index (κ2) is 6.05. The van der Waals surface area contributed by atoms with Gasteiger partial charge in [-0.1, -0.05) is 5.10 Å². The van der Waals surface area contributed by atoms with Gasteiger partial charge in [0.1, 0.15) is 5.75 Å². The number of aryl methyl sites for hydroxylation is 1. The summed E-state index contributed by atoms with van der Waals surface area (Å²) in [6.45, 7) is 4.39. The zero-order chi connectivity index (χ0) is 15.5. The number of ether oxygens (including phenoxy) is 1. The van der Waals surface area contributed by atoms with Crippen LogP contribution in [-0.2, 0) is 0 Å². The van der Waals surface area contributed by atoms with Crippen molar-refractivity contribution in [3.05, 3.63) is 35.7 Å². The molecule has 0 N–H and O–H groups in total. The van der Waals surface area contributed by atoms with E-state index in [1.807, 2.05) is 9.80 Å². The van der Waals surface area contributed by atoms with Crippen LogP contribution in [0.3, 0.4) is 0 Å². The van der Waals surface area contributed by atoms with E-state index in [-0.39, 0.29) is 5.91 Å². The number of anilines is 1. The summed E-state index contributed by atoms with van der Waals surface area (Å²) in [5, 5.41) is 7.84. The smallest absolute Gasteiger partial charge is 0.318 e. The molecular formula is C15H18N4O3. The minimum absolute atomic E-state index is 0.0315. The lowest BCUT2D eigenvalue weighted by Gasteiger charge is -2.33. The summed E-state index contributed by atoms with van der Waals surface area (Å²) in [5.41, 5.74) is 0.669. The van der Waals surface area contributed by atoms with Crippen molar-refractivity contribution >= 4 is 11.9 Å². The summed E-state index contributed by atoms with van der Waals surface area (Å²) in [5.74, 6) is 1.32. The first-order valence-corrected chi connectivity index (χ1v) is 7.16. The van der Waals surface area contributed by atoms with Crippen LogP contribution < -0.4 is 9.64 Å². The fourth-order valence-electron chi connectivity index (χ4n) is 2.43. The van der Waals surface area contributed by atoms with Crippen LogP contribution in [0.15, 0.2) is 28.7 Å². The fraction of sp³-hybridized carbons (Fsp3) is 0.400. The molecule has 1 aromatic carbocycles. The van der Waals surface area contributed by atoms with Gasteiger partial charge in [0.2, 0.25) is 5.89 Å². The van der Waals surface area contributed by atoms with Crippen LogP contribution in [0.4, 0.5) is 6.01 Å².